The summed E-state index contributed by atoms with van der Waals surface area (Å²) in [5.41, 5.74) is -1.10. The smallest absolute Gasteiger partial charge is 0.311 e. The fourth-order valence-corrected chi connectivity index (χ4v) is 7.89. The minimum atomic E-state index is -1.10. The quantitative estimate of drug-likeness (QED) is 0.274. The lowest BCUT2D eigenvalue weighted by Crippen LogP contribution is -2.57. The highest BCUT2D eigenvalue weighted by Crippen LogP contribution is 2.43. The molecule has 48 heavy (non-hydrogen) atoms. The van der Waals surface area contributed by atoms with Gasteiger partial charge in [-0.05, 0) is 60.5 Å². The number of rotatable bonds is 6. The van der Waals surface area contributed by atoms with Crippen molar-refractivity contribution >= 4 is 11.8 Å². The summed E-state index contributed by atoms with van der Waals surface area (Å²) < 4.78 is 43.0. The van der Waals surface area contributed by atoms with Crippen LogP contribution in [0, 0.1) is 29.6 Å². The number of ketones is 1. The molecule has 0 saturated carbocycles. The second-order valence-corrected chi connectivity index (χ2v) is 15.3. The summed E-state index contributed by atoms with van der Waals surface area (Å²) in [6, 6.07) is -0.219. The first-order valence-electron chi connectivity index (χ1n) is 17.7. The molecular formula is C35H61NO12. The van der Waals surface area contributed by atoms with E-state index in [1.54, 1.807) is 34.6 Å². The van der Waals surface area contributed by atoms with Gasteiger partial charge in [-0.3, -0.25) is 9.59 Å². The molecule has 0 bridgehead atoms. The molecule has 0 radical (unpaired) electrons. The van der Waals surface area contributed by atoms with Gasteiger partial charge in [-0.25, -0.2) is 0 Å². The minimum absolute atomic E-state index is 0.198. The summed E-state index contributed by atoms with van der Waals surface area (Å²) in [6.45, 7) is 14.6. The van der Waals surface area contributed by atoms with Gasteiger partial charge >= 0.3 is 5.97 Å². The van der Waals surface area contributed by atoms with E-state index in [1.165, 1.54) is 7.11 Å². The van der Waals surface area contributed by atoms with Crippen molar-refractivity contribution < 1.29 is 58.1 Å². The number of Topliss-reactive ketones (excluding diaryl/α,β-unsaturated/α-hetero) is 1. The van der Waals surface area contributed by atoms with E-state index in [2.05, 4.69) is 0 Å². The molecule has 4 aliphatic heterocycles. The molecule has 0 aliphatic carbocycles. The van der Waals surface area contributed by atoms with Crippen molar-refractivity contribution in [3.8, 4) is 0 Å². The van der Waals surface area contributed by atoms with Crippen molar-refractivity contribution in [1.29, 1.82) is 0 Å². The molecule has 4 rings (SSSR count). The molecule has 13 heteroatoms. The predicted molar refractivity (Wildman–Crippen MR) is 174 cm³/mol. The Morgan fingerprint density at radius 2 is 1.44 bits per heavy atom. The Hall–Kier alpha value is -1.26. The van der Waals surface area contributed by atoms with Crippen LogP contribution in [0.2, 0.25) is 0 Å². The molecule has 1 spiro atoms. The molecule has 4 saturated heterocycles. The Morgan fingerprint density at radius 1 is 0.792 bits per heavy atom. The van der Waals surface area contributed by atoms with E-state index in [0.29, 0.717) is 6.42 Å². The van der Waals surface area contributed by atoms with Crippen LogP contribution in [-0.2, 0) is 42.7 Å². The normalized spacial score (nSPS) is 49.9. The van der Waals surface area contributed by atoms with Gasteiger partial charge in [0, 0.05) is 37.3 Å². The van der Waals surface area contributed by atoms with E-state index in [0.717, 1.165) is 0 Å². The molecule has 0 unspecified atom stereocenters. The molecule has 0 aromatic heterocycles. The molecule has 18 atom stereocenters. The highest BCUT2D eigenvalue weighted by atomic mass is 16.7. The van der Waals surface area contributed by atoms with Crippen LogP contribution in [0.1, 0.15) is 74.7 Å². The summed E-state index contributed by atoms with van der Waals surface area (Å²) in [6.07, 6.45) is -7.15. The maximum absolute atomic E-state index is 13.9. The molecule has 4 heterocycles. The first kappa shape index (κ1) is 39.5. The van der Waals surface area contributed by atoms with Gasteiger partial charge < -0.3 is 53.4 Å². The highest BCUT2D eigenvalue weighted by molar-refractivity contribution is 5.92. The van der Waals surface area contributed by atoms with Crippen LogP contribution < -0.4 is 0 Å². The number of epoxide rings is 1. The van der Waals surface area contributed by atoms with E-state index < -0.39 is 96.7 Å². The number of carbonyl (C=O) groups excluding carboxylic acids is 2. The predicted octanol–water partition coefficient (Wildman–Crippen LogP) is 1.91. The third-order valence-electron chi connectivity index (χ3n) is 11.4. The molecule has 13 nitrogen and oxygen atoms in total. The summed E-state index contributed by atoms with van der Waals surface area (Å²) in [5, 5.41) is 33.3. The van der Waals surface area contributed by atoms with Crippen LogP contribution in [-0.4, -0.2) is 139 Å². The topological polar surface area (TPSA) is 166 Å². The Kier molecular flexibility index (Phi) is 13.1. The number of hydrogen-bond acceptors (Lipinski definition) is 13. The van der Waals surface area contributed by atoms with Gasteiger partial charge in [0.2, 0.25) is 0 Å². The monoisotopic (exact) mass is 687 g/mol. The molecule has 0 amide bonds. The van der Waals surface area contributed by atoms with Gasteiger partial charge in [-0.1, -0.05) is 27.7 Å². The van der Waals surface area contributed by atoms with Crippen molar-refractivity contribution in [3.63, 3.8) is 0 Å². The molecule has 0 aromatic rings. The largest absolute Gasteiger partial charge is 0.462 e. The van der Waals surface area contributed by atoms with Gasteiger partial charge in [0.1, 0.15) is 18.3 Å². The van der Waals surface area contributed by atoms with E-state index in [1.807, 2.05) is 39.8 Å². The van der Waals surface area contributed by atoms with Crippen LogP contribution in [0.3, 0.4) is 0 Å². The lowest BCUT2D eigenvalue weighted by Gasteiger charge is -2.46. The number of aliphatic hydroxyl groups excluding tert-OH is 3. The number of aliphatic hydroxyl groups is 3. The SMILES string of the molecule is CO[C@@H]1C[C@H](O[C@H]2[C@H](C)[C@@H](O[C@@H]3O[C@H](C)C[C@H](N(C)C)[C@@H]3O)[C@@H](C)C[C@]3(CO3)C(=O)[C@H](C)[C@@H](O)[C@@H](C)[C@@H](C)OC(=O)[C@@H]2C)O[C@@H](C)[C@@H]1O. The van der Waals surface area contributed by atoms with E-state index in [4.69, 9.17) is 33.2 Å². The first-order chi connectivity index (χ1) is 22.4. The molecule has 0 aromatic carbocycles. The van der Waals surface area contributed by atoms with Crippen molar-refractivity contribution in [2.45, 2.75) is 154 Å². The second kappa shape index (κ2) is 16.0. The minimum Gasteiger partial charge on any atom is -0.462 e. The third kappa shape index (κ3) is 8.43. The second-order valence-electron chi connectivity index (χ2n) is 15.3. The van der Waals surface area contributed by atoms with Crippen molar-refractivity contribution in [3.05, 3.63) is 0 Å². The van der Waals surface area contributed by atoms with Crippen LogP contribution >= 0.6 is 0 Å². The van der Waals surface area contributed by atoms with E-state index in [9.17, 15) is 24.9 Å². The van der Waals surface area contributed by atoms with Gasteiger partial charge in [0.05, 0.1) is 49.1 Å². The number of methoxy groups -OCH3 is 1. The lowest BCUT2D eigenvalue weighted by molar-refractivity contribution is -0.299. The number of carbonyl (C=O) groups is 2. The summed E-state index contributed by atoms with van der Waals surface area (Å²) in [4.78, 5) is 29.7. The average molecular weight is 688 g/mol. The van der Waals surface area contributed by atoms with Crippen molar-refractivity contribution in [1.82, 2.24) is 4.90 Å². The van der Waals surface area contributed by atoms with E-state index in [-0.39, 0.29) is 43.3 Å². The van der Waals surface area contributed by atoms with Crippen molar-refractivity contribution in [2.24, 2.45) is 29.6 Å². The lowest BCUT2D eigenvalue weighted by atomic mass is 9.76. The van der Waals surface area contributed by atoms with Crippen LogP contribution in [0.15, 0.2) is 0 Å². The summed E-state index contributed by atoms with van der Waals surface area (Å²) in [7, 11) is 5.32. The fraction of sp³-hybridized carbons (Fsp3) is 0.943. The Bertz CT molecular complexity index is 1090. The van der Waals surface area contributed by atoms with Gasteiger partial charge in [0.15, 0.2) is 24.0 Å². The molecule has 4 aliphatic rings. The van der Waals surface area contributed by atoms with Gasteiger partial charge in [0.25, 0.3) is 0 Å². The third-order valence-corrected chi connectivity index (χ3v) is 11.4. The summed E-state index contributed by atoms with van der Waals surface area (Å²) in [5.74, 6) is -3.74. The van der Waals surface area contributed by atoms with E-state index >= 15 is 0 Å². The zero-order valence-corrected chi connectivity index (χ0v) is 30.6. The zero-order chi connectivity index (χ0) is 35.8. The number of hydrogen-bond donors (Lipinski definition) is 3. The van der Waals surface area contributed by atoms with Crippen LogP contribution in [0.4, 0.5) is 0 Å². The van der Waals surface area contributed by atoms with Gasteiger partial charge in [-0.2, -0.15) is 0 Å². The van der Waals surface area contributed by atoms with Gasteiger partial charge in [-0.15, -0.1) is 0 Å². The number of cyclic esters (lactones) is 1. The molecule has 278 valence electrons. The Balaban J connectivity index is 1.75. The number of nitrogens with zero attached hydrogens (tertiary/aromatic N) is 1. The summed E-state index contributed by atoms with van der Waals surface area (Å²) >= 11 is 0. The Morgan fingerprint density at radius 3 is 2.02 bits per heavy atom. The van der Waals surface area contributed by atoms with Crippen LogP contribution in [0.25, 0.3) is 0 Å². The maximum atomic E-state index is 13.9. The standard InChI is InChI=1S/C35H61NO12/c1-16-14-35(15-43-35)32(40)19(4)27(37)18(3)22(7)46-33(41)21(6)31(47-26-13-25(42-11)28(38)23(8)45-26)20(5)30(16)48-34-29(39)24(36(9)10)12-17(2)44-34/h16-31,34,37-39H,12-15H2,1-11H3/t16-,17+,18-,19+,20+,21+,22+,23-,24-,25+,26-,27-,28-,29-,30-,31-,34-,35-/m0/s1. The average Bonchev–Trinajstić information content (AvgIpc) is 3.82. The maximum Gasteiger partial charge on any atom is 0.311 e. The zero-order valence-electron chi connectivity index (χ0n) is 30.6. The highest BCUT2D eigenvalue weighted by Gasteiger charge is 2.57. The number of likely N-dealkylation sites (N-methyl/N-ethyl adjacent to an activating group) is 1. The molecule has 3 N–H and O–H groups in total. The first-order valence-corrected chi connectivity index (χ1v) is 17.7. The van der Waals surface area contributed by atoms with Crippen LogP contribution in [0.5, 0.6) is 0 Å². The number of ether oxygens (including phenoxy) is 7. The molecule has 4 fully saturated rings. The molecular weight excluding hydrogens is 626 g/mol. The fourth-order valence-electron chi connectivity index (χ4n) is 7.89. The van der Waals surface area contributed by atoms with Crippen molar-refractivity contribution in [2.75, 3.05) is 27.8 Å². The Labute approximate surface area is 285 Å². The number of esters is 1.